The minimum absolute atomic E-state index is 0.152. The smallest absolute Gasteiger partial charge is 0.244 e. The van der Waals surface area contributed by atoms with E-state index in [0.717, 1.165) is 21.3 Å². The number of nitrogens with one attached hydrogen (secondary N) is 2. The zero-order valence-electron chi connectivity index (χ0n) is 13.7. The maximum atomic E-state index is 12.0. The zero-order chi connectivity index (χ0) is 18.2. The van der Waals surface area contributed by atoms with E-state index in [4.69, 9.17) is 11.6 Å². The summed E-state index contributed by atoms with van der Waals surface area (Å²) in [5.41, 5.74) is 2.57. The molecular weight excluding hydrogens is 404 g/mol. The minimum Gasteiger partial charge on any atom is -0.352 e. The Morgan fingerprint density at radius 1 is 1.20 bits per heavy atom. The van der Waals surface area contributed by atoms with Crippen molar-refractivity contribution in [1.29, 1.82) is 0 Å². The van der Waals surface area contributed by atoms with E-state index >= 15 is 0 Å². The lowest BCUT2D eigenvalue weighted by molar-refractivity contribution is -0.117. The third-order valence-electron chi connectivity index (χ3n) is 3.40. The Morgan fingerprint density at radius 3 is 2.76 bits per heavy atom. The van der Waals surface area contributed by atoms with Gasteiger partial charge in [0.1, 0.15) is 0 Å². The van der Waals surface area contributed by atoms with Crippen molar-refractivity contribution >= 4 is 51.1 Å². The van der Waals surface area contributed by atoms with Crippen LogP contribution in [0.4, 0.5) is 5.69 Å². The summed E-state index contributed by atoms with van der Waals surface area (Å²) in [7, 11) is 0. The number of amides is 2. The number of carbonyl (C=O) groups is 2. The van der Waals surface area contributed by atoms with Gasteiger partial charge in [-0.3, -0.25) is 9.59 Å². The van der Waals surface area contributed by atoms with Crippen molar-refractivity contribution in [3.05, 3.63) is 69.2 Å². The first-order valence-electron chi connectivity index (χ1n) is 7.71. The maximum absolute atomic E-state index is 12.0. The van der Waals surface area contributed by atoms with E-state index in [1.165, 1.54) is 6.08 Å². The molecule has 2 N–H and O–H groups in total. The fourth-order valence-corrected chi connectivity index (χ4v) is 2.64. The van der Waals surface area contributed by atoms with Crippen molar-refractivity contribution in [2.45, 2.75) is 13.3 Å². The molecule has 0 aliphatic heterocycles. The van der Waals surface area contributed by atoms with Gasteiger partial charge in [0.05, 0.1) is 0 Å². The van der Waals surface area contributed by atoms with Crippen LogP contribution in [0.5, 0.6) is 0 Å². The highest BCUT2D eigenvalue weighted by Crippen LogP contribution is 2.20. The first kappa shape index (κ1) is 19.2. The summed E-state index contributed by atoms with van der Waals surface area (Å²) < 4.78 is 0.896. The molecule has 2 aromatic rings. The number of hydrogen-bond acceptors (Lipinski definition) is 2. The lowest BCUT2D eigenvalue weighted by Crippen LogP contribution is -2.26. The zero-order valence-corrected chi connectivity index (χ0v) is 16.0. The molecule has 0 heterocycles. The van der Waals surface area contributed by atoms with Gasteiger partial charge in [0, 0.05) is 34.2 Å². The highest BCUT2D eigenvalue weighted by atomic mass is 79.9. The van der Waals surface area contributed by atoms with Gasteiger partial charge in [-0.15, -0.1) is 0 Å². The number of hydrogen-bond donors (Lipinski definition) is 2. The second kappa shape index (κ2) is 9.39. The van der Waals surface area contributed by atoms with E-state index in [0.29, 0.717) is 5.02 Å². The molecule has 2 amide bonds. The van der Waals surface area contributed by atoms with Crippen molar-refractivity contribution in [3.8, 4) is 0 Å². The van der Waals surface area contributed by atoms with Crippen LogP contribution in [0.3, 0.4) is 0 Å². The van der Waals surface area contributed by atoms with Gasteiger partial charge in [0.15, 0.2) is 0 Å². The van der Waals surface area contributed by atoms with Crippen molar-refractivity contribution in [2.75, 3.05) is 11.9 Å². The van der Waals surface area contributed by atoms with Crippen LogP contribution in [-0.4, -0.2) is 18.4 Å². The van der Waals surface area contributed by atoms with Crippen LogP contribution < -0.4 is 10.6 Å². The second-order valence-electron chi connectivity index (χ2n) is 5.44. The molecule has 0 saturated heterocycles. The van der Waals surface area contributed by atoms with Gasteiger partial charge in [-0.1, -0.05) is 45.7 Å². The van der Waals surface area contributed by atoms with Crippen molar-refractivity contribution in [1.82, 2.24) is 5.32 Å². The van der Waals surface area contributed by atoms with Crippen LogP contribution in [0.15, 0.2) is 53.0 Å². The van der Waals surface area contributed by atoms with Crippen LogP contribution in [0.25, 0.3) is 6.08 Å². The first-order valence-corrected chi connectivity index (χ1v) is 8.88. The molecule has 6 heteroatoms. The molecule has 2 aromatic carbocycles. The van der Waals surface area contributed by atoms with Crippen molar-refractivity contribution < 1.29 is 9.59 Å². The van der Waals surface area contributed by atoms with Gasteiger partial charge in [0.25, 0.3) is 0 Å². The van der Waals surface area contributed by atoms with Gasteiger partial charge in [-0.2, -0.15) is 0 Å². The third-order valence-corrected chi connectivity index (χ3v) is 4.13. The number of rotatable bonds is 6. The Morgan fingerprint density at radius 2 is 2.00 bits per heavy atom. The quantitative estimate of drug-likeness (QED) is 0.671. The van der Waals surface area contributed by atoms with Gasteiger partial charge in [-0.05, 0) is 48.4 Å². The van der Waals surface area contributed by atoms with E-state index in [9.17, 15) is 9.59 Å². The first-order chi connectivity index (χ1) is 11.9. The summed E-state index contributed by atoms with van der Waals surface area (Å²) >= 11 is 9.26. The average molecular weight is 422 g/mol. The number of anilines is 1. The number of halogens is 2. The predicted molar refractivity (Wildman–Crippen MR) is 106 cm³/mol. The minimum atomic E-state index is -0.258. The Balaban J connectivity index is 1.77. The van der Waals surface area contributed by atoms with E-state index in [1.54, 1.807) is 18.2 Å². The molecule has 0 radical (unpaired) electrons. The molecule has 0 unspecified atom stereocenters. The summed E-state index contributed by atoms with van der Waals surface area (Å²) in [6.07, 6.45) is 3.29. The van der Waals surface area contributed by atoms with Crippen LogP contribution in [-0.2, 0) is 9.59 Å². The summed E-state index contributed by atoms with van der Waals surface area (Å²) in [5, 5.41) is 6.13. The summed E-state index contributed by atoms with van der Waals surface area (Å²) in [6, 6.07) is 12.9. The van der Waals surface area contributed by atoms with Crippen LogP contribution in [0, 0.1) is 6.92 Å². The van der Waals surface area contributed by atoms with Gasteiger partial charge in [0.2, 0.25) is 11.8 Å². The van der Waals surface area contributed by atoms with Crippen molar-refractivity contribution in [3.63, 3.8) is 0 Å². The van der Waals surface area contributed by atoms with E-state index in [2.05, 4.69) is 26.6 Å². The predicted octanol–water partition coefficient (Wildman–Crippen LogP) is 4.57. The summed E-state index contributed by atoms with van der Waals surface area (Å²) in [5.74, 6) is -0.410. The molecular formula is C19H18BrClN2O2. The van der Waals surface area contributed by atoms with Gasteiger partial charge < -0.3 is 10.6 Å². The molecule has 0 fully saturated rings. The van der Waals surface area contributed by atoms with Crippen LogP contribution in [0.1, 0.15) is 17.5 Å². The Labute approximate surface area is 160 Å². The lowest BCUT2D eigenvalue weighted by Gasteiger charge is -2.09. The standard InChI is InChI=1S/C19H18BrClN2O2/c1-13-5-7-15(20)12-17(13)23-19(25)9-10-22-18(24)8-6-14-3-2-4-16(21)11-14/h2-8,11-12H,9-10H2,1H3,(H,22,24)(H,23,25)/b8-6+. The highest BCUT2D eigenvalue weighted by Gasteiger charge is 2.06. The fraction of sp³-hybridized carbons (Fsp3) is 0.158. The SMILES string of the molecule is Cc1ccc(Br)cc1NC(=O)CCNC(=O)/C=C/c1cccc(Cl)c1. The second-order valence-corrected chi connectivity index (χ2v) is 6.79. The van der Waals surface area contributed by atoms with Crippen LogP contribution in [0.2, 0.25) is 5.02 Å². The van der Waals surface area contributed by atoms with E-state index < -0.39 is 0 Å². The molecule has 130 valence electrons. The van der Waals surface area contributed by atoms with E-state index in [1.807, 2.05) is 37.3 Å². The number of aryl methyl sites for hydroxylation is 1. The van der Waals surface area contributed by atoms with Crippen LogP contribution >= 0.6 is 27.5 Å². The molecule has 0 aromatic heterocycles. The fourth-order valence-electron chi connectivity index (χ4n) is 2.08. The molecule has 0 atom stereocenters. The molecule has 25 heavy (non-hydrogen) atoms. The Bertz CT molecular complexity index is 806. The Kier molecular flexibility index (Phi) is 7.22. The number of carbonyl (C=O) groups excluding carboxylic acids is 2. The summed E-state index contributed by atoms with van der Waals surface area (Å²) in [4.78, 5) is 23.7. The molecule has 0 bridgehead atoms. The third kappa shape index (κ3) is 6.72. The Hall–Kier alpha value is -2.11. The lowest BCUT2D eigenvalue weighted by atomic mass is 10.2. The maximum Gasteiger partial charge on any atom is 0.244 e. The molecule has 4 nitrogen and oxygen atoms in total. The largest absolute Gasteiger partial charge is 0.352 e. The molecule has 2 rings (SSSR count). The van der Waals surface area contributed by atoms with Crippen molar-refractivity contribution in [2.24, 2.45) is 0 Å². The molecule has 0 aliphatic carbocycles. The highest BCUT2D eigenvalue weighted by molar-refractivity contribution is 9.10. The summed E-state index contributed by atoms with van der Waals surface area (Å²) in [6.45, 7) is 2.18. The van der Waals surface area contributed by atoms with E-state index in [-0.39, 0.29) is 24.8 Å². The average Bonchev–Trinajstić information content (AvgIpc) is 2.56. The number of benzene rings is 2. The van der Waals surface area contributed by atoms with Gasteiger partial charge >= 0.3 is 0 Å². The monoisotopic (exact) mass is 420 g/mol. The molecule has 0 spiro atoms. The molecule has 0 aliphatic rings. The topological polar surface area (TPSA) is 58.2 Å². The molecule has 0 saturated carbocycles. The van der Waals surface area contributed by atoms with Gasteiger partial charge in [-0.25, -0.2) is 0 Å². The normalized spacial score (nSPS) is 10.7.